The number of aromatic nitrogens is 1. The molecule has 98 valence electrons. The maximum atomic E-state index is 12.5. The molecule has 0 bridgehead atoms. The first kappa shape index (κ1) is 13.4. The van der Waals surface area contributed by atoms with Crippen LogP contribution in [0.15, 0.2) is 36.7 Å². The van der Waals surface area contributed by atoms with Crippen molar-refractivity contribution in [1.29, 1.82) is 0 Å². The van der Waals surface area contributed by atoms with E-state index in [0.717, 1.165) is 5.56 Å². The fourth-order valence-electron chi connectivity index (χ4n) is 1.83. The molecule has 2 rings (SSSR count). The van der Waals surface area contributed by atoms with Crippen molar-refractivity contribution >= 4 is 28.9 Å². The van der Waals surface area contributed by atoms with Crippen LogP contribution in [0.2, 0.25) is 5.02 Å². The molecule has 2 aromatic rings. The Labute approximate surface area is 116 Å². The second-order valence-corrected chi connectivity index (χ2v) is 4.62. The number of carbonyl (C=O) groups is 1. The van der Waals surface area contributed by atoms with Crippen LogP contribution in [0.4, 0.5) is 11.4 Å². The van der Waals surface area contributed by atoms with Crippen LogP contribution in [0.5, 0.6) is 0 Å². The summed E-state index contributed by atoms with van der Waals surface area (Å²) < 4.78 is 0. The molecule has 0 fully saturated rings. The lowest BCUT2D eigenvalue weighted by Gasteiger charge is -2.20. The minimum Gasteiger partial charge on any atom is -0.396 e. The van der Waals surface area contributed by atoms with Crippen molar-refractivity contribution in [3.8, 4) is 0 Å². The first-order chi connectivity index (χ1) is 9.02. The van der Waals surface area contributed by atoms with Crippen molar-refractivity contribution in [2.24, 2.45) is 0 Å². The summed E-state index contributed by atoms with van der Waals surface area (Å²) in [6.45, 7) is 1.82. The third-order valence-electron chi connectivity index (χ3n) is 2.99. The molecule has 0 atom stereocenters. The van der Waals surface area contributed by atoms with Gasteiger partial charge in [0.25, 0.3) is 5.91 Å². The zero-order valence-electron chi connectivity index (χ0n) is 10.7. The molecule has 0 saturated carbocycles. The van der Waals surface area contributed by atoms with Crippen LogP contribution in [-0.2, 0) is 0 Å². The zero-order chi connectivity index (χ0) is 14.0. The Balaban J connectivity index is 2.40. The molecule has 0 aliphatic carbocycles. The molecule has 0 saturated heterocycles. The van der Waals surface area contributed by atoms with Gasteiger partial charge in [-0.15, -0.1) is 0 Å². The number of halogens is 1. The lowest BCUT2D eigenvalue weighted by Crippen LogP contribution is -2.27. The highest BCUT2D eigenvalue weighted by atomic mass is 35.5. The van der Waals surface area contributed by atoms with E-state index < -0.39 is 0 Å². The van der Waals surface area contributed by atoms with Crippen LogP contribution in [0, 0.1) is 6.92 Å². The van der Waals surface area contributed by atoms with Gasteiger partial charge in [0.1, 0.15) is 0 Å². The smallest absolute Gasteiger partial charge is 0.258 e. The van der Waals surface area contributed by atoms with Gasteiger partial charge >= 0.3 is 0 Å². The number of rotatable bonds is 2. The highest BCUT2D eigenvalue weighted by molar-refractivity contribution is 6.32. The Morgan fingerprint density at radius 1 is 1.37 bits per heavy atom. The molecule has 4 nitrogen and oxygen atoms in total. The summed E-state index contributed by atoms with van der Waals surface area (Å²) >= 11 is 6.03. The van der Waals surface area contributed by atoms with Gasteiger partial charge in [0.05, 0.1) is 17.6 Å². The molecule has 0 unspecified atom stereocenters. The number of pyridine rings is 1. The Kier molecular flexibility index (Phi) is 3.71. The van der Waals surface area contributed by atoms with Crippen molar-refractivity contribution in [2.75, 3.05) is 17.7 Å². The topological polar surface area (TPSA) is 59.2 Å². The van der Waals surface area contributed by atoms with Gasteiger partial charge in [-0.3, -0.25) is 9.78 Å². The maximum Gasteiger partial charge on any atom is 0.258 e. The summed E-state index contributed by atoms with van der Waals surface area (Å²) in [6.07, 6.45) is 3.12. The normalized spacial score (nSPS) is 10.3. The predicted molar refractivity (Wildman–Crippen MR) is 77.6 cm³/mol. The van der Waals surface area contributed by atoms with E-state index in [2.05, 4.69) is 4.98 Å². The molecular formula is C14H14ClN3O. The SMILES string of the molecule is Cc1c(Cl)cccc1C(=O)N(C)c1ccncc1N. The van der Waals surface area contributed by atoms with Crippen molar-refractivity contribution in [2.45, 2.75) is 6.92 Å². The molecule has 0 aliphatic rings. The average Bonchev–Trinajstić information content (AvgIpc) is 2.41. The van der Waals surface area contributed by atoms with Crippen LogP contribution in [0.1, 0.15) is 15.9 Å². The summed E-state index contributed by atoms with van der Waals surface area (Å²) in [5, 5.41) is 0.571. The van der Waals surface area contributed by atoms with Crippen molar-refractivity contribution in [3.63, 3.8) is 0 Å². The molecule has 0 radical (unpaired) electrons. The van der Waals surface area contributed by atoms with Gasteiger partial charge < -0.3 is 10.6 Å². The first-order valence-corrected chi connectivity index (χ1v) is 6.13. The van der Waals surface area contributed by atoms with E-state index >= 15 is 0 Å². The molecule has 19 heavy (non-hydrogen) atoms. The third-order valence-corrected chi connectivity index (χ3v) is 3.40. The fourth-order valence-corrected chi connectivity index (χ4v) is 2.01. The number of anilines is 2. The number of nitrogens with two attached hydrogens (primary N) is 1. The van der Waals surface area contributed by atoms with E-state index in [0.29, 0.717) is 22.0 Å². The largest absolute Gasteiger partial charge is 0.396 e. The zero-order valence-corrected chi connectivity index (χ0v) is 11.5. The quantitative estimate of drug-likeness (QED) is 0.917. The number of hydrogen-bond acceptors (Lipinski definition) is 3. The molecular weight excluding hydrogens is 262 g/mol. The van der Waals surface area contributed by atoms with E-state index in [1.807, 2.05) is 6.92 Å². The number of benzene rings is 1. The Morgan fingerprint density at radius 2 is 2.11 bits per heavy atom. The fraction of sp³-hybridized carbons (Fsp3) is 0.143. The summed E-state index contributed by atoms with van der Waals surface area (Å²) in [5.41, 5.74) is 8.22. The minimum absolute atomic E-state index is 0.155. The second kappa shape index (κ2) is 5.28. The number of amides is 1. The lowest BCUT2D eigenvalue weighted by molar-refractivity contribution is 0.0992. The Morgan fingerprint density at radius 3 is 2.79 bits per heavy atom. The highest BCUT2D eigenvalue weighted by Gasteiger charge is 2.18. The van der Waals surface area contributed by atoms with Crippen LogP contribution < -0.4 is 10.6 Å². The first-order valence-electron chi connectivity index (χ1n) is 5.75. The van der Waals surface area contributed by atoms with Gasteiger partial charge in [-0.1, -0.05) is 17.7 Å². The molecule has 1 aromatic carbocycles. The monoisotopic (exact) mass is 275 g/mol. The third kappa shape index (κ3) is 2.53. The number of nitrogens with zero attached hydrogens (tertiary/aromatic N) is 2. The van der Waals surface area contributed by atoms with Crippen molar-refractivity contribution in [3.05, 3.63) is 52.8 Å². The van der Waals surface area contributed by atoms with E-state index in [9.17, 15) is 4.79 Å². The molecule has 1 aromatic heterocycles. The lowest BCUT2D eigenvalue weighted by atomic mass is 10.1. The molecule has 1 amide bonds. The molecule has 1 heterocycles. The summed E-state index contributed by atoms with van der Waals surface area (Å²) in [4.78, 5) is 17.9. The van der Waals surface area contributed by atoms with E-state index in [-0.39, 0.29) is 5.91 Å². The number of nitrogen functional groups attached to an aromatic ring is 1. The number of hydrogen-bond donors (Lipinski definition) is 1. The van der Waals surface area contributed by atoms with E-state index in [1.165, 1.54) is 11.1 Å². The van der Waals surface area contributed by atoms with Crippen molar-refractivity contribution < 1.29 is 4.79 Å². The van der Waals surface area contributed by atoms with E-state index in [1.54, 1.807) is 37.5 Å². The standard InChI is InChI=1S/C14H14ClN3O/c1-9-10(4-3-5-11(9)15)14(19)18(2)13-6-7-17-8-12(13)16/h3-8H,16H2,1-2H3. The molecule has 5 heteroatoms. The average molecular weight is 276 g/mol. The van der Waals surface area contributed by atoms with Gasteiger partial charge in [0.15, 0.2) is 0 Å². The maximum absolute atomic E-state index is 12.5. The summed E-state index contributed by atoms with van der Waals surface area (Å²) in [5.74, 6) is -0.155. The van der Waals surface area contributed by atoms with Gasteiger partial charge in [0.2, 0.25) is 0 Å². The summed E-state index contributed by atoms with van der Waals surface area (Å²) in [6, 6.07) is 6.96. The Bertz CT molecular complexity index is 628. The molecule has 0 aliphatic heterocycles. The highest BCUT2D eigenvalue weighted by Crippen LogP contribution is 2.25. The van der Waals surface area contributed by atoms with Crippen LogP contribution >= 0.6 is 11.6 Å². The van der Waals surface area contributed by atoms with Crippen LogP contribution in [-0.4, -0.2) is 17.9 Å². The predicted octanol–water partition coefficient (Wildman–Crippen LogP) is 2.90. The van der Waals surface area contributed by atoms with Gasteiger partial charge in [-0.2, -0.15) is 0 Å². The van der Waals surface area contributed by atoms with Crippen molar-refractivity contribution in [1.82, 2.24) is 4.98 Å². The second-order valence-electron chi connectivity index (χ2n) is 4.21. The van der Waals surface area contributed by atoms with Gasteiger partial charge in [-0.25, -0.2) is 0 Å². The number of carbonyl (C=O) groups excluding carboxylic acids is 1. The Hall–Kier alpha value is -2.07. The van der Waals surface area contributed by atoms with Crippen LogP contribution in [0.25, 0.3) is 0 Å². The van der Waals surface area contributed by atoms with Crippen LogP contribution in [0.3, 0.4) is 0 Å². The van der Waals surface area contributed by atoms with E-state index in [4.69, 9.17) is 17.3 Å². The van der Waals surface area contributed by atoms with Gasteiger partial charge in [0, 0.05) is 23.8 Å². The minimum atomic E-state index is -0.155. The summed E-state index contributed by atoms with van der Waals surface area (Å²) in [7, 11) is 1.67. The van der Waals surface area contributed by atoms with Gasteiger partial charge in [-0.05, 0) is 30.7 Å². The molecule has 2 N–H and O–H groups in total. The molecule has 0 spiro atoms.